The molecule has 0 saturated carbocycles. The first-order valence-electron chi connectivity index (χ1n) is 6.13. The zero-order chi connectivity index (χ0) is 13.7. The van der Waals surface area contributed by atoms with E-state index in [2.05, 4.69) is 20.6 Å². The van der Waals surface area contributed by atoms with Gasteiger partial charge in [-0.1, -0.05) is 0 Å². The zero-order valence-electron chi connectivity index (χ0n) is 11.0. The summed E-state index contributed by atoms with van der Waals surface area (Å²) in [7, 11) is 0. The van der Waals surface area contributed by atoms with E-state index in [-0.39, 0.29) is 5.91 Å². The maximum absolute atomic E-state index is 12.1. The molecule has 0 aliphatic rings. The Morgan fingerprint density at radius 3 is 2.84 bits per heavy atom. The van der Waals surface area contributed by atoms with Crippen LogP contribution in [0.2, 0.25) is 0 Å². The first kappa shape index (κ1) is 13.0. The molecule has 0 bridgehead atoms. The molecule has 5 heteroatoms. The minimum Gasteiger partial charge on any atom is -0.370 e. The highest BCUT2D eigenvalue weighted by Gasteiger charge is 2.08. The van der Waals surface area contributed by atoms with Crippen LogP contribution in [0.1, 0.15) is 23.0 Å². The van der Waals surface area contributed by atoms with Crippen LogP contribution >= 0.6 is 0 Å². The van der Waals surface area contributed by atoms with Crippen LogP contribution in [-0.4, -0.2) is 22.4 Å². The summed E-state index contributed by atoms with van der Waals surface area (Å²) in [5.74, 6) is 0.524. The molecule has 98 valence electrons. The number of hydrogen-bond acceptors (Lipinski definition) is 4. The Labute approximate surface area is 112 Å². The molecule has 0 radical (unpaired) electrons. The van der Waals surface area contributed by atoms with E-state index in [1.54, 1.807) is 30.6 Å². The van der Waals surface area contributed by atoms with Crippen LogP contribution in [0.4, 0.5) is 11.5 Å². The summed E-state index contributed by atoms with van der Waals surface area (Å²) in [5.41, 5.74) is 2.07. The summed E-state index contributed by atoms with van der Waals surface area (Å²) in [6.07, 6.45) is 3.31. The molecule has 1 amide bonds. The van der Waals surface area contributed by atoms with Crippen LogP contribution < -0.4 is 10.6 Å². The molecule has 5 nitrogen and oxygen atoms in total. The van der Waals surface area contributed by atoms with E-state index in [0.717, 1.165) is 12.2 Å². The van der Waals surface area contributed by atoms with Gasteiger partial charge in [-0.05, 0) is 38.1 Å². The summed E-state index contributed by atoms with van der Waals surface area (Å²) in [5, 5.41) is 5.91. The SMILES string of the molecule is CCNc1cc(C(=O)Nc2cccnc2C)ccn1. The lowest BCUT2D eigenvalue weighted by Gasteiger charge is -2.08. The topological polar surface area (TPSA) is 66.9 Å². The highest BCUT2D eigenvalue weighted by atomic mass is 16.1. The molecule has 0 fully saturated rings. The van der Waals surface area contributed by atoms with Gasteiger partial charge < -0.3 is 10.6 Å². The van der Waals surface area contributed by atoms with E-state index < -0.39 is 0 Å². The van der Waals surface area contributed by atoms with Crippen molar-refractivity contribution in [3.8, 4) is 0 Å². The Bertz CT molecular complexity index is 583. The fourth-order valence-corrected chi connectivity index (χ4v) is 1.66. The minimum atomic E-state index is -0.169. The number of nitrogens with one attached hydrogen (secondary N) is 2. The highest BCUT2D eigenvalue weighted by Crippen LogP contribution is 2.13. The van der Waals surface area contributed by atoms with Gasteiger partial charge in [0.05, 0.1) is 11.4 Å². The summed E-state index contributed by atoms with van der Waals surface area (Å²) in [6, 6.07) is 7.03. The van der Waals surface area contributed by atoms with Gasteiger partial charge in [-0.15, -0.1) is 0 Å². The van der Waals surface area contributed by atoms with Crippen molar-refractivity contribution in [2.45, 2.75) is 13.8 Å². The van der Waals surface area contributed by atoms with Gasteiger partial charge in [0, 0.05) is 24.5 Å². The number of carbonyl (C=O) groups is 1. The van der Waals surface area contributed by atoms with Gasteiger partial charge in [0.1, 0.15) is 5.82 Å². The molecule has 2 N–H and O–H groups in total. The smallest absolute Gasteiger partial charge is 0.255 e. The molecule has 2 aromatic rings. The summed E-state index contributed by atoms with van der Waals surface area (Å²) in [6.45, 7) is 4.60. The van der Waals surface area contributed by atoms with Crippen molar-refractivity contribution in [1.29, 1.82) is 0 Å². The summed E-state index contributed by atoms with van der Waals surface area (Å²) in [4.78, 5) is 20.4. The second kappa shape index (κ2) is 5.95. The van der Waals surface area contributed by atoms with E-state index in [9.17, 15) is 4.79 Å². The lowest BCUT2D eigenvalue weighted by atomic mass is 10.2. The van der Waals surface area contributed by atoms with Gasteiger partial charge in [-0.2, -0.15) is 0 Å². The molecule has 0 aliphatic carbocycles. The molecule has 0 unspecified atom stereocenters. The minimum absolute atomic E-state index is 0.169. The van der Waals surface area contributed by atoms with E-state index in [1.807, 2.05) is 19.9 Å². The van der Waals surface area contributed by atoms with Crippen molar-refractivity contribution < 1.29 is 4.79 Å². The van der Waals surface area contributed by atoms with Crippen molar-refractivity contribution in [3.05, 3.63) is 47.9 Å². The maximum atomic E-state index is 12.1. The van der Waals surface area contributed by atoms with Crippen LogP contribution in [0.5, 0.6) is 0 Å². The van der Waals surface area contributed by atoms with Crippen LogP contribution in [0, 0.1) is 6.92 Å². The molecule has 2 heterocycles. The average Bonchev–Trinajstić information content (AvgIpc) is 2.42. The van der Waals surface area contributed by atoms with Crippen LogP contribution in [0.25, 0.3) is 0 Å². The standard InChI is InChI=1S/C14H16N4O/c1-3-15-13-9-11(6-8-17-13)14(19)18-12-5-4-7-16-10(12)2/h4-9H,3H2,1-2H3,(H,15,17)(H,18,19). The number of aromatic nitrogens is 2. The molecular formula is C14H16N4O. The number of aryl methyl sites for hydroxylation is 1. The number of pyridine rings is 2. The molecule has 19 heavy (non-hydrogen) atoms. The molecule has 0 aliphatic heterocycles. The van der Waals surface area contributed by atoms with Gasteiger partial charge in [0.15, 0.2) is 0 Å². The lowest BCUT2D eigenvalue weighted by molar-refractivity contribution is 0.102. The van der Waals surface area contributed by atoms with Gasteiger partial charge in [-0.25, -0.2) is 4.98 Å². The van der Waals surface area contributed by atoms with Crippen molar-refractivity contribution in [2.24, 2.45) is 0 Å². The van der Waals surface area contributed by atoms with E-state index >= 15 is 0 Å². The Hall–Kier alpha value is -2.43. The van der Waals surface area contributed by atoms with Crippen molar-refractivity contribution in [3.63, 3.8) is 0 Å². The first-order chi connectivity index (χ1) is 9.20. The largest absolute Gasteiger partial charge is 0.370 e. The second-order valence-corrected chi connectivity index (χ2v) is 4.05. The molecule has 2 aromatic heterocycles. The summed E-state index contributed by atoms with van der Waals surface area (Å²) < 4.78 is 0. The maximum Gasteiger partial charge on any atom is 0.255 e. The Kier molecular flexibility index (Phi) is 4.07. The third-order valence-corrected chi connectivity index (χ3v) is 2.64. The van der Waals surface area contributed by atoms with Gasteiger partial charge in [0.2, 0.25) is 0 Å². The van der Waals surface area contributed by atoms with Crippen molar-refractivity contribution in [1.82, 2.24) is 9.97 Å². The van der Waals surface area contributed by atoms with Crippen LogP contribution in [0.3, 0.4) is 0 Å². The molecule has 0 aromatic carbocycles. The fourth-order valence-electron chi connectivity index (χ4n) is 1.66. The number of carbonyl (C=O) groups excluding carboxylic acids is 1. The Morgan fingerprint density at radius 1 is 1.26 bits per heavy atom. The van der Waals surface area contributed by atoms with E-state index in [0.29, 0.717) is 17.1 Å². The number of hydrogen-bond donors (Lipinski definition) is 2. The number of nitrogens with zero attached hydrogens (tertiary/aromatic N) is 2. The fraction of sp³-hybridized carbons (Fsp3) is 0.214. The highest BCUT2D eigenvalue weighted by molar-refractivity contribution is 6.04. The van der Waals surface area contributed by atoms with Crippen LogP contribution in [0.15, 0.2) is 36.7 Å². The normalized spacial score (nSPS) is 10.0. The Balaban J connectivity index is 2.16. The quantitative estimate of drug-likeness (QED) is 0.881. The summed E-state index contributed by atoms with van der Waals surface area (Å²) >= 11 is 0. The van der Waals surface area contributed by atoms with E-state index in [1.165, 1.54) is 0 Å². The molecule has 2 rings (SSSR count). The molecule has 0 spiro atoms. The molecule has 0 saturated heterocycles. The lowest BCUT2D eigenvalue weighted by Crippen LogP contribution is -2.13. The molecular weight excluding hydrogens is 240 g/mol. The van der Waals surface area contributed by atoms with Gasteiger partial charge in [-0.3, -0.25) is 9.78 Å². The first-order valence-corrected chi connectivity index (χ1v) is 6.13. The van der Waals surface area contributed by atoms with Crippen molar-refractivity contribution in [2.75, 3.05) is 17.2 Å². The number of anilines is 2. The Morgan fingerprint density at radius 2 is 2.11 bits per heavy atom. The van der Waals surface area contributed by atoms with Crippen molar-refractivity contribution >= 4 is 17.4 Å². The molecule has 0 atom stereocenters. The zero-order valence-corrected chi connectivity index (χ0v) is 11.0. The predicted octanol–water partition coefficient (Wildman–Crippen LogP) is 2.47. The van der Waals surface area contributed by atoms with Crippen LogP contribution in [-0.2, 0) is 0 Å². The average molecular weight is 256 g/mol. The predicted molar refractivity (Wildman–Crippen MR) is 75.3 cm³/mol. The third-order valence-electron chi connectivity index (χ3n) is 2.64. The number of amides is 1. The van der Waals surface area contributed by atoms with E-state index in [4.69, 9.17) is 0 Å². The number of rotatable bonds is 4. The van der Waals surface area contributed by atoms with Gasteiger partial charge in [0.25, 0.3) is 5.91 Å². The van der Waals surface area contributed by atoms with Gasteiger partial charge >= 0.3 is 0 Å². The monoisotopic (exact) mass is 256 g/mol. The third kappa shape index (κ3) is 3.28. The second-order valence-electron chi connectivity index (χ2n) is 4.05.